The molecular formula is C26H41N3O5S2. The zero-order valence-electron chi connectivity index (χ0n) is 22.2. The number of carbonyl (C=O) groups excluding carboxylic acids is 4. The number of hydrogen-bond donors (Lipinski definition) is 3. The van der Waals surface area contributed by atoms with Crippen molar-refractivity contribution in [3.05, 3.63) is 23.9 Å². The lowest BCUT2D eigenvalue weighted by Crippen LogP contribution is -2.51. The number of fused-ring (bicyclic) bond motifs is 7. The molecule has 2 amide bonds. The molecule has 0 aromatic heterocycles. The number of Topliss-reactive ketones (excluding diaryl/α,β-unsaturated/α-hetero) is 1. The van der Waals surface area contributed by atoms with Crippen LogP contribution in [0.4, 0.5) is 0 Å². The highest BCUT2D eigenvalue weighted by Gasteiger charge is 2.33. The third-order valence-electron chi connectivity index (χ3n) is 6.36. The first-order valence-corrected chi connectivity index (χ1v) is 15.2. The molecule has 0 radical (unpaired) electrons. The molecule has 0 saturated carbocycles. The summed E-state index contributed by atoms with van der Waals surface area (Å²) in [6, 6.07) is -1.71. The minimum atomic E-state index is -0.876. The molecule has 2 aliphatic rings. The minimum absolute atomic E-state index is 0.0417. The average molecular weight is 540 g/mol. The van der Waals surface area contributed by atoms with Gasteiger partial charge in [0, 0.05) is 24.0 Å². The Morgan fingerprint density at radius 1 is 0.972 bits per heavy atom. The summed E-state index contributed by atoms with van der Waals surface area (Å²) in [5, 5.41) is 8.98. The quantitative estimate of drug-likeness (QED) is 0.212. The third-order valence-corrected chi connectivity index (χ3v) is 8.90. The van der Waals surface area contributed by atoms with Crippen LogP contribution in [-0.2, 0) is 23.9 Å². The minimum Gasteiger partial charge on any atom is -0.456 e. The summed E-state index contributed by atoms with van der Waals surface area (Å²) in [6.07, 6.45) is 5.46. The van der Waals surface area contributed by atoms with E-state index >= 15 is 0 Å². The van der Waals surface area contributed by atoms with Gasteiger partial charge in [-0.15, -0.1) is 0 Å². The van der Waals surface area contributed by atoms with Crippen molar-refractivity contribution in [1.29, 1.82) is 0 Å². The van der Waals surface area contributed by atoms with Gasteiger partial charge in [-0.2, -0.15) is 0 Å². The molecule has 1 fully saturated rings. The lowest BCUT2D eigenvalue weighted by Gasteiger charge is -2.30. The molecule has 0 spiro atoms. The van der Waals surface area contributed by atoms with Crippen molar-refractivity contribution in [2.24, 2.45) is 17.8 Å². The molecule has 2 rings (SSSR count). The average Bonchev–Trinajstić information content (AvgIpc) is 2.81. The smallest absolute Gasteiger partial charge is 0.329 e. The van der Waals surface area contributed by atoms with E-state index in [9.17, 15) is 19.2 Å². The van der Waals surface area contributed by atoms with Gasteiger partial charge in [0.2, 0.25) is 5.91 Å². The molecule has 202 valence electrons. The Morgan fingerprint density at radius 3 is 2.31 bits per heavy atom. The Labute approximate surface area is 223 Å². The second kappa shape index (κ2) is 14.7. The van der Waals surface area contributed by atoms with Gasteiger partial charge < -0.3 is 20.7 Å². The molecule has 0 aliphatic carbocycles. The van der Waals surface area contributed by atoms with E-state index in [1.165, 1.54) is 0 Å². The lowest BCUT2D eigenvalue weighted by atomic mass is 9.89. The number of allylic oxidation sites excluding steroid dienone is 2. The predicted molar refractivity (Wildman–Crippen MR) is 146 cm³/mol. The van der Waals surface area contributed by atoms with Crippen LogP contribution in [0.5, 0.6) is 0 Å². The van der Waals surface area contributed by atoms with Crippen LogP contribution in [0.1, 0.15) is 60.8 Å². The van der Waals surface area contributed by atoms with Gasteiger partial charge in [-0.3, -0.25) is 14.4 Å². The van der Waals surface area contributed by atoms with Gasteiger partial charge in [0.15, 0.2) is 5.78 Å². The SMILES string of the molecule is C/C=C1\NC(C)[C@H]2CSSCC/C=C/[C@H](CC(=O)N[C@H](C(C)C)C(=O)C2)OC(=O)[C@H](C(C)C)NC1=O. The summed E-state index contributed by atoms with van der Waals surface area (Å²) in [4.78, 5) is 52.6. The highest BCUT2D eigenvalue weighted by atomic mass is 33.1. The molecule has 3 N–H and O–H groups in total. The fraction of sp³-hybridized carbons (Fsp3) is 0.692. The highest BCUT2D eigenvalue weighted by molar-refractivity contribution is 8.76. The molecular weight excluding hydrogens is 498 g/mol. The number of nitrogens with one attached hydrogen (secondary N) is 3. The lowest BCUT2D eigenvalue weighted by molar-refractivity contribution is -0.153. The van der Waals surface area contributed by atoms with Gasteiger partial charge in [-0.1, -0.05) is 61.4 Å². The normalized spacial score (nSPS) is 31.9. The van der Waals surface area contributed by atoms with Gasteiger partial charge in [-0.25, -0.2) is 4.79 Å². The van der Waals surface area contributed by atoms with Crippen molar-refractivity contribution in [3.63, 3.8) is 0 Å². The topological polar surface area (TPSA) is 114 Å². The number of carbonyl (C=O) groups is 4. The van der Waals surface area contributed by atoms with Crippen molar-refractivity contribution in [2.45, 2.75) is 85.0 Å². The van der Waals surface area contributed by atoms with Crippen LogP contribution in [-0.4, -0.2) is 59.3 Å². The van der Waals surface area contributed by atoms with Crippen molar-refractivity contribution in [1.82, 2.24) is 16.0 Å². The predicted octanol–water partition coefficient (Wildman–Crippen LogP) is 3.38. The van der Waals surface area contributed by atoms with E-state index < -0.39 is 30.1 Å². The maximum Gasteiger partial charge on any atom is 0.329 e. The Kier molecular flexibility index (Phi) is 12.4. The number of amides is 2. The Morgan fingerprint density at radius 2 is 1.67 bits per heavy atom. The van der Waals surface area contributed by atoms with E-state index in [0.29, 0.717) is 11.4 Å². The molecule has 10 heteroatoms. The third kappa shape index (κ3) is 9.18. The molecule has 2 aliphatic heterocycles. The van der Waals surface area contributed by atoms with Crippen LogP contribution < -0.4 is 16.0 Å². The van der Waals surface area contributed by atoms with Crippen LogP contribution in [0.15, 0.2) is 23.9 Å². The van der Waals surface area contributed by atoms with Gasteiger partial charge in [0.25, 0.3) is 5.91 Å². The van der Waals surface area contributed by atoms with E-state index in [4.69, 9.17) is 4.74 Å². The Balaban J connectivity index is 2.54. The first-order chi connectivity index (χ1) is 17.0. The van der Waals surface area contributed by atoms with E-state index in [0.717, 1.165) is 12.2 Å². The second-order valence-corrected chi connectivity index (χ2v) is 12.7. The van der Waals surface area contributed by atoms with Crippen LogP contribution in [0.2, 0.25) is 0 Å². The number of ketones is 1. The summed E-state index contributed by atoms with van der Waals surface area (Å²) in [7, 11) is 3.42. The summed E-state index contributed by atoms with van der Waals surface area (Å²) in [5.41, 5.74) is 0.345. The zero-order chi connectivity index (χ0) is 26.8. The van der Waals surface area contributed by atoms with Gasteiger partial charge in [-0.05, 0) is 44.1 Å². The molecule has 36 heavy (non-hydrogen) atoms. The maximum absolute atomic E-state index is 13.4. The van der Waals surface area contributed by atoms with Gasteiger partial charge >= 0.3 is 5.97 Å². The van der Waals surface area contributed by atoms with Crippen LogP contribution in [0.3, 0.4) is 0 Å². The van der Waals surface area contributed by atoms with Crippen molar-refractivity contribution in [2.75, 3.05) is 11.5 Å². The second-order valence-electron chi connectivity index (χ2n) is 10.1. The fourth-order valence-corrected chi connectivity index (χ4v) is 6.57. The maximum atomic E-state index is 13.4. The van der Waals surface area contributed by atoms with E-state index in [-0.39, 0.29) is 48.3 Å². The van der Waals surface area contributed by atoms with E-state index in [1.54, 1.807) is 40.7 Å². The Hall–Kier alpha value is -1.94. The van der Waals surface area contributed by atoms with Crippen LogP contribution in [0.25, 0.3) is 0 Å². The monoisotopic (exact) mass is 539 g/mol. The van der Waals surface area contributed by atoms with Gasteiger partial charge in [0.05, 0.1) is 18.2 Å². The Bertz CT molecular complexity index is 859. The largest absolute Gasteiger partial charge is 0.456 e. The zero-order valence-corrected chi connectivity index (χ0v) is 23.8. The molecule has 1 unspecified atom stereocenters. The number of rotatable bonds is 2. The number of esters is 1. The molecule has 2 heterocycles. The molecule has 1 saturated heterocycles. The summed E-state index contributed by atoms with van der Waals surface area (Å²) >= 11 is 0. The molecule has 0 aromatic rings. The van der Waals surface area contributed by atoms with Crippen molar-refractivity contribution < 1.29 is 23.9 Å². The standard InChI is InChI=1S/C26H41N3O5S2/c1-7-20-25(32)29-24(16(4)5)26(33)34-19-10-8-9-11-35-36-14-18(17(6)27-20)12-21(30)23(15(2)3)28-22(31)13-19/h7-8,10,15-19,23-24,27H,9,11-14H2,1-6H3,(H,28,31)(H,29,32)/b10-8+,20-7-/t17?,18-,19-,23-,24+/m1/s1. The number of hydrogen-bond acceptors (Lipinski definition) is 8. The molecule has 2 bridgehead atoms. The van der Waals surface area contributed by atoms with Crippen molar-refractivity contribution >= 4 is 45.2 Å². The van der Waals surface area contributed by atoms with Crippen molar-refractivity contribution in [3.8, 4) is 0 Å². The first kappa shape index (κ1) is 30.3. The fourth-order valence-electron chi connectivity index (χ4n) is 4.09. The van der Waals surface area contributed by atoms with E-state index in [2.05, 4.69) is 16.0 Å². The summed E-state index contributed by atoms with van der Waals surface area (Å²) in [5.74, 6) is -0.221. The van der Waals surface area contributed by atoms with Gasteiger partial charge in [0.1, 0.15) is 12.1 Å². The first-order valence-electron chi connectivity index (χ1n) is 12.7. The molecule has 5 atom stereocenters. The summed E-state index contributed by atoms with van der Waals surface area (Å²) in [6.45, 7) is 11.2. The van der Waals surface area contributed by atoms with Crippen LogP contribution >= 0.6 is 21.6 Å². The molecule has 0 aromatic carbocycles. The highest BCUT2D eigenvalue weighted by Crippen LogP contribution is 2.29. The van der Waals surface area contributed by atoms with Crippen LogP contribution in [0, 0.1) is 17.8 Å². The van der Waals surface area contributed by atoms with E-state index in [1.807, 2.05) is 40.7 Å². The number of ether oxygens (including phenoxy) is 1. The summed E-state index contributed by atoms with van der Waals surface area (Å²) < 4.78 is 5.73. The molecule has 8 nitrogen and oxygen atoms in total.